The van der Waals surface area contributed by atoms with Crippen molar-refractivity contribution in [2.24, 2.45) is 5.73 Å². The number of hydrogen-bond acceptors (Lipinski definition) is 9. The summed E-state index contributed by atoms with van der Waals surface area (Å²) in [5, 5.41) is 29.1. The Balaban J connectivity index is 2.06. The molecule has 0 amide bonds. The zero-order valence-electron chi connectivity index (χ0n) is 12.0. The van der Waals surface area contributed by atoms with Gasteiger partial charge in [0, 0.05) is 0 Å². The van der Waals surface area contributed by atoms with Gasteiger partial charge in [0.2, 0.25) is 5.82 Å². The highest BCUT2D eigenvalue weighted by molar-refractivity contribution is 5.82. The predicted molar refractivity (Wildman–Crippen MR) is 78.7 cm³/mol. The zero-order valence-corrected chi connectivity index (χ0v) is 12.0. The average molecular weight is 320 g/mol. The normalized spacial score (nSPS) is 27.1. The molecule has 3 heterocycles. The summed E-state index contributed by atoms with van der Waals surface area (Å²) in [5.41, 5.74) is 11.8. The van der Waals surface area contributed by atoms with E-state index in [4.69, 9.17) is 16.2 Å². The molecule has 0 aliphatic carbocycles. The minimum absolute atomic E-state index is 0.127. The first-order valence-electron chi connectivity index (χ1n) is 6.88. The lowest BCUT2D eigenvalue weighted by atomic mass is 10.1. The number of hydrogen-bond donors (Lipinski definition) is 5. The van der Waals surface area contributed by atoms with Crippen LogP contribution in [0.25, 0.3) is 11.2 Å². The molecule has 0 bridgehead atoms. The SMILES string of the molecule is NCC#Cc1nc(N)c2ncn([C@@H]3O[C@H](CO)C(O)C3O)c2n1. The van der Waals surface area contributed by atoms with Crippen LogP contribution in [0.2, 0.25) is 0 Å². The summed E-state index contributed by atoms with van der Waals surface area (Å²) in [6.45, 7) is -0.277. The van der Waals surface area contributed by atoms with Crippen LogP contribution in [-0.2, 0) is 4.74 Å². The van der Waals surface area contributed by atoms with Gasteiger partial charge < -0.3 is 31.5 Å². The second-order valence-electron chi connectivity index (χ2n) is 4.99. The molecule has 1 aliphatic heterocycles. The van der Waals surface area contributed by atoms with Crippen LogP contribution in [0.4, 0.5) is 5.82 Å². The third kappa shape index (κ3) is 2.61. The summed E-state index contributed by atoms with van der Waals surface area (Å²) >= 11 is 0. The van der Waals surface area contributed by atoms with E-state index in [1.54, 1.807) is 0 Å². The van der Waals surface area contributed by atoms with Crippen LogP contribution in [0.15, 0.2) is 6.33 Å². The van der Waals surface area contributed by atoms with E-state index in [-0.39, 0.29) is 18.2 Å². The van der Waals surface area contributed by atoms with Crippen molar-refractivity contribution in [1.29, 1.82) is 0 Å². The van der Waals surface area contributed by atoms with E-state index in [2.05, 4.69) is 26.8 Å². The molecule has 2 aromatic rings. The first-order chi connectivity index (χ1) is 11.1. The van der Waals surface area contributed by atoms with E-state index in [0.29, 0.717) is 11.2 Å². The number of aliphatic hydroxyl groups is 3. The van der Waals surface area contributed by atoms with Crippen LogP contribution in [-0.4, -0.2) is 66.3 Å². The van der Waals surface area contributed by atoms with E-state index >= 15 is 0 Å². The second kappa shape index (κ2) is 6.07. The van der Waals surface area contributed by atoms with Gasteiger partial charge in [-0.1, -0.05) is 5.92 Å². The number of nitrogen functional groups attached to an aromatic ring is 1. The standard InChI is InChI=1S/C13H16N6O4/c14-3-1-2-7-17-11(15)8-12(18-7)19(5-16-8)13-10(22)9(21)6(4-20)23-13/h5-6,9-10,13,20-22H,3-4,14H2,(H2,15,17,18)/t6-,9?,10?,13-/m1/s1. The number of imidazole rings is 1. The van der Waals surface area contributed by atoms with Crippen molar-refractivity contribution in [2.45, 2.75) is 24.5 Å². The summed E-state index contributed by atoms with van der Waals surface area (Å²) in [6.07, 6.45) is -2.96. The summed E-state index contributed by atoms with van der Waals surface area (Å²) in [5.74, 6) is 5.59. The van der Waals surface area contributed by atoms with E-state index in [0.717, 1.165) is 0 Å². The van der Waals surface area contributed by atoms with Crippen LogP contribution in [0, 0.1) is 11.8 Å². The molecular weight excluding hydrogens is 304 g/mol. The van der Waals surface area contributed by atoms with Crippen molar-refractivity contribution in [3.05, 3.63) is 12.2 Å². The van der Waals surface area contributed by atoms with Gasteiger partial charge in [-0.25, -0.2) is 15.0 Å². The van der Waals surface area contributed by atoms with Gasteiger partial charge in [0.25, 0.3) is 0 Å². The summed E-state index contributed by atoms with van der Waals surface area (Å²) in [7, 11) is 0. The second-order valence-corrected chi connectivity index (χ2v) is 4.99. The first-order valence-corrected chi connectivity index (χ1v) is 6.88. The molecular formula is C13H16N6O4. The average Bonchev–Trinajstić information content (AvgIpc) is 3.08. The highest BCUT2D eigenvalue weighted by atomic mass is 16.6. The van der Waals surface area contributed by atoms with E-state index in [9.17, 15) is 15.3 Å². The minimum Gasteiger partial charge on any atom is -0.394 e. The molecule has 7 N–H and O–H groups in total. The molecule has 122 valence electrons. The van der Waals surface area contributed by atoms with Gasteiger partial charge in [-0.3, -0.25) is 4.57 Å². The molecule has 1 saturated heterocycles. The Morgan fingerprint density at radius 2 is 2.09 bits per heavy atom. The van der Waals surface area contributed by atoms with Crippen LogP contribution < -0.4 is 11.5 Å². The maximum atomic E-state index is 10.1. The Morgan fingerprint density at radius 3 is 2.74 bits per heavy atom. The molecule has 0 spiro atoms. The summed E-state index contributed by atoms with van der Waals surface area (Å²) in [4.78, 5) is 12.3. The van der Waals surface area contributed by atoms with Gasteiger partial charge >= 0.3 is 0 Å². The Bertz CT molecular complexity index is 782. The maximum absolute atomic E-state index is 10.1. The van der Waals surface area contributed by atoms with Crippen molar-refractivity contribution in [3.63, 3.8) is 0 Å². The number of fused-ring (bicyclic) bond motifs is 1. The van der Waals surface area contributed by atoms with Crippen molar-refractivity contribution in [2.75, 3.05) is 18.9 Å². The van der Waals surface area contributed by atoms with Gasteiger partial charge in [0.1, 0.15) is 23.8 Å². The monoisotopic (exact) mass is 320 g/mol. The minimum atomic E-state index is -1.25. The number of nitrogens with two attached hydrogens (primary N) is 2. The summed E-state index contributed by atoms with van der Waals surface area (Å²) < 4.78 is 6.89. The van der Waals surface area contributed by atoms with Gasteiger partial charge in [-0.2, -0.15) is 0 Å². The third-order valence-electron chi connectivity index (χ3n) is 3.54. The lowest BCUT2D eigenvalue weighted by Gasteiger charge is -2.16. The maximum Gasteiger partial charge on any atom is 0.209 e. The molecule has 1 aliphatic rings. The van der Waals surface area contributed by atoms with Crippen LogP contribution in [0.5, 0.6) is 0 Å². The van der Waals surface area contributed by atoms with E-state index in [1.165, 1.54) is 10.9 Å². The highest BCUT2D eigenvalue weighted by Gasteiger charge is 2.44. The fraction of sp³-hybridized carbons (Fsp3) is 0.462. The lowest BCUT2D eigenvalue weighted by Crippen LogP contribution is -2.33. The van der Waals surface area contributed by atoms with Crippen molar-refractivity contribution in [1.82, 2.24) is 19.5 Å². The molecule has 4 atom stereocenters. The largest absolute Gasteiger partial charge is 0.394 e. The smallest absolute Gasteiger partial charge is 0.209 e. The number of anilines is 1. The number of aliphatic hydroxyl groups excluding tert-OH is 3. The molecule has 1 fully saturated rings. The Labute approximate surface area is 130 Å². The molecule has 0 radical (unpaired) electrons. The number of rotatable bonds is 2. The molecule has 2 unspecified atom stereocenters. The number of ether oxygens (including phenoxy) is 1. The molecule has 0 aromatic carbocycles. The number of aromatic nitrogens is 4. The quantitative estimate of drug-likeness (QED) is 0.371. The fourth-order valence-corrected chi connectivity index (χ4v) is 2.42. The van der Waals surface area contributed by atoms with Crippen molar-refractivity contribution in [3.8, 4) is 11.8 Å². The van der Waals surface area contributed by atoms with Gasteiger partial charge in [-0.05, 0) is 5.92 Å². The van der Waals surface area contributed by atoms with Crippen LogP contribution in [0.1, 0.15) is 12.1 Å². The Morgan fingerprint density at radius 1 is 1.30 bits per heavy atom. The number of nitrogens with zero attached hydrogens (tertiary/aromatic N) is 4. The molecule has 10 heteroatoms. The molecule has 0 saturated carbocycles. The molecule has 10 nitrogen and oxygen atoms in total. The lowest BCUT2D eigenvalue weighted by molar-refractivity contribution is -0.0511. The van der Waals surface area contributed by atoms with Gasteiger partial charge in [0.15, 0.2) is 17.7 Å². The van der Waals surface area contributed by atoms with Gasteiger partial charge in [0.05, 0.1) is 19.5 Å². The predicted octanol–water partition coefficient (Wildman–Crippen LogP) is -2.67. The van der Waals surface area contributed by atoms with E-state index < -0.39 is 31.1 Å². The van der Waals surface area contributed by atoms with Crippen molar-refractivity contribution < 1.29 is 20.1 Å². The molecule has 23 heavy (non-hydrogen) atoms. The van der Waals surface area contributed by atoms with Crippen molar-refractivity contribution >= 4 is 17.0 Å². The third-order valence-corrected chi connectivity index (χ3v) is 3.54. The Kier molecular flexibility index (Phi) is 4.12. The first kappa shape index (κ1) is 15.6. The van der Waals surface area contributed by atoms with Crippen LogP contribution >= 0.6 is 0 Å². The molecule has 2 aromatic heterocycles. The van der Waals surface area contributed by atoms with Gasteiger partial charge in [-0.15, -0.1) is 0 Å². The van der Waals surface area contributed by atoms with E-state index in [1.807, 2.05) is 0 Å². The molecule has 3 rings (SSSR count). The zero-order chi connectivity index (χ0) is 16.6. The van der Waals surface area contributed by atoms with Crippen LogP contribution in [0.3, 0.4) is 0 Å². The Hall–Kier alpha value is -2.29. The summed E-state index contributed by atoms with van der Waals surface area (Å²) in [6, 6.07) is 0. The highest BCUT2D eigenvalue weighted by Crippen LogP contribution is 2.31. The fourth-order valence-electron chi connectivity index (χ4n) is 2.42. The topological polar surface area (TPSA) is 166 Å².